The van der Waals surface area contributed by atoms with Gasteiger partial charge in [0.15, 0.2) is 0 Å². The van der Waals surface area contributed by atoms with Gasteiger partial charge in [0, 0.05) is 17.7 Å². The minimum atomic E-state index is -4.30. The molecule has 3 aromatic carbocycles. The third-order valence-corrected chi connectivity index (χ3v) is 6.20. The lowest BCUT2D eigenvalue weighted by atomic mass is 9.87. The molecular weight excluding hydrogens is 460 g/mol. The largest absolute Gasteiger partial charge is 0.495 e. The van der Waals surface area contributed by atoms with E-state index < -0.39 is 20.9 Å². The second kappa shape index (κ2) is 9.52. The molecule has 0 unspecified atom stereocenters. The lowest BCUT2D eigenvalue weighted by Crippen LogP contribution is -2.15. The van der Waals surface area contributed by atoms with Gasteiger partial charge >= 0.3 is 10.1 Å². The molecule has 0 fully saturated rings. The zero-order chi connectivity index (χ0) is 25.1. The number of benzene rings is 3. The molecule has 3 rings (SSSR count). The molecule has 0 aromatic heterocycles. The number of nitrogens with zero attached hydrogens (tertiary/aromatic N) is 1. The zero-order valence-corrected chi connectivity index (χ0v) is 19.9. The molecule has 0 heterocycles. The van der Waals surface area contributed by atoms with Gasteiger partial charge in [0.25, 0.3) is 11.6 Å². The van der Waals surface area contributed by atoms with Gasteiger partial charge in [0.1, 0.15) is 16.4 Å². The van der Waals surface area contributed by atoms with Crippen molar-refractivity contribution >= 4 is 27.4 Å². The van der Waals surface area contributed by atoms with Crippen molar-refractivity contribution in [2.24, 2.45) is 0 Å². The minimum absolute atomic E-state index is 0.0460. The van der Waals surface area contributed by atoms with Gasteiger partial charge < -0.3 is 14.2 Å². The molecule has 9 nitrogen and oxygen atoms in total. The van der Waals surface area contributed by atoms with Gasteiger partial charge in [-0.15, -0.1) is 0 Å². The number of hydrogen-bond acceptors (Lipinski definition) is 7. The number of ether oxygens (including phenoxy) is 1. The van der Waals surface area contributed by atoms with E-state index in [1.807, 2.05) is 12.1 Å². The molecule has 0 aliphatic carbocycles. The van der Waals surface area contributed by atoms with Crippen LogP contribution >= 0.6 is 0 Å². The van der Waals surface area contributed by atoms with E-state index in [2.05, 4.69) is 26.1 Å². The summed E-state index contributed by atoms with van der Waals surface area (Å²) in [6.07, 6.45) is 0. The Bertz CT molecular complexity index is 1330. The van der Waals surface area contributed by atoms with Gasteiger partial charge in [-0.2, -0.15) is 8.42 Å². The summed E-state index contributed by atoms with van der Waals surface area (Å²) in [5.41, 5.74) is 1.29. The lowest BCUT2D eigenvalue weighted by molar-refractivity contribution is -0.385. The van der Waals surface area contributed by atoms with E-state index in [-0.39, 0.29) is 27.3 Å². The number of carbonyl (C=O) groups excluding carboxylic acids is 1. The monoisotopic (exact) mass is 484 g/mol. The van der Waals surface area contributed by atoms with Crippen molar-refractivity contribution in [3.05, 3.63) is 88.0 Å². The first-order valence-corrected chi connectivity index (χ1v) is 11.6. The van der Waals surface area contributed by atoms with Gasteiger partial charge in [-0.1, -0.05) is 32.9 Å². The molecule has 0 spiro atoms. The third-order valence-electron chi connectivity index (χ3n) is 4.95. The van der Waals surface area contributed by atoms with E-state index in [1.165, 1.54) is 49.6 Å². The second-order valence-corrected chi connectivity index (χ2v) is 9.98. The number of carbonyl (C=O) groups is 1. The number of hydrogen-bond donors (Lipinski definition) is 1. The Morgan fingerprint density at radius 3 is 2.26 bits per heavy atom. The van der Waals surface area contributed by atoms with Crippen LogP contribution in [0.15, 0.2) is 71.6 Å². The van der Waals surface area contributed by atoms with Crippen molar-refractivity contribution in [3.8, 4) is 11.5 Å². The highest BCUT2D eigenvalue weighted by molar-refractivity contribution is 7.87. The van der Waals surface area contributed by atoms with Crippen LogP contribution in [0.4, 0.5) is 11.4 Å². The Kier molecular flexibility index (Phi) is 6.92. The molecule has 0 radical (unpaired) electrons. The first-order valence-electron chi connectivity index (χ1n) is 10.2. The summed E-state index contributed by atoms with van der Waals surface area (Å²) in [6, 6.07) is 15.6. The predicted molar refractivity (Wildman–Crippen MR) is 127 cm³/mol. The highest BCUT2D eigenvalue weighted by atomic mass is 32.2. The van der Waals surface area contributed by atoms with E-state index in [0.29, 0.717) is 11.4 Å². The van der Waals surface area contributed by atoms with Gasteiger partial charge in [0.05, 0.1) is 17.7 Å². The number of nitrogens with one attached hydrogen (secondary N) is 1. The summed E-state index contributed by atoms with van der Waals surface area (Å²) in [5, 5.41) is 13.7. The highest BCUT2D eigenvalue weighted by Crippen LogP contribution is 2.32. The van der Waals surface area contributed by atoms with Crippen molar-refractivity contribution in [1.29, 1.82) is 0 Å². The first kappa shape index (κ1) is 24.7. The van der Waals surface area contributed by atoms with Crippen molar-refractivity contribution in [2.45, 2.75) is 31.1 Å². The Labute approximate surface area is 197 Å². The van der Waals surface area contributed by atoms with Crippen LogP contribution in [0.2, 0.25) is 0 Å². The predicted octanol–water partition coefficient (Wildman–Crippen LogP) is 4.92. The number of nitro benzene ring substituents is 1. The number of rotatable bonds is 7. The fraction of sp³-hybridized carbons (Fsp3) is 0.208. The molecule has 0 saturated carbocycles. The van der Waals surface area contributed by atoms with Gasteiger partial charge in [0.2, 0.25) is 0 Å². The van der Waals surface area contributed by atoms with Crippen LogP contribution in [0.25, 0.3) is 0 Å². The highest BCUT2D eigenvalue weighted by Gasteiger charge is 2.21. The smallest absolute Gasteiger partial charge is 0.339 e. The average molecular weight is 485 g/mol. The average Bonchev–Trinajstić information content (AvgIpc) is 2.78. The summed E-state index contributed by atoms with van der Waals surface area (Å²) >= 11 is 0. The van der Waals surface area contributed by atoms with Gasteiger partial charge in [-0.3, -0.25) is 14.9 Å². The Morgan fingerprint density at radius 2 is 1.68 bits per heavy atom. The zero-order valence-electron chi connectivity index (χ0n) is 19.1. The quantitative estimate of drug-likeness (QED) is 0.287. The summed E-state index contributed by atoms with van der Waals surface area (Å²) in [6.45, 7) is 6.17. The van der Waals surface area contributed by atoms with Crippen LogP contribution in [0.5, 0.6) is 11.5 Å². The van der Waals surface area contributed by atoms with Gasteiger partial charge in [-0.25, -0.2) is 0 Å². The Hall–Kier alpha value is -3.92. The molecule has 0 saturated heterocycles. The Morgan fingerprint density at radius 1 is 1.00 bits per heavy atom. The van der Waals surface area contributed by atoms with E-state index in [9.17, 15) is 23.3 Å². The summed E-state index contributed by atoms with van der Waals surface area (Å²) < 4.78 is 35.4. The number of non-ortho nitro benzene ring substituents is 1. The fourth-order valence-electron chi connectivity index (χ4n) is 3.06. The Balaban J connectivity index is 1.78. The van der Waals surface area contributed by atoms with Crippen molar-refractivity contribution in [2.75, 3.05) is 12.4 Å². The summed E-state index contributed by atoms with van der Waals surface area (Å²) in [4.78, 5) is 22.6. The van der Waals surface area contributed by atoms with Crippen LogP contribution in [0.3, 0.4) is 0 Å². The summed E-state index contributed by atoms with van der Waals surface area (Å²) in [7, 11) is -2.79. The SMILES string of the molecule is COc1ccc(C(C)(C)C)cc1NC(=O)c1ccc(OS(=O)(=O)c2cccc([N+](=O)[O-])c2)cc1. The van der Waals surface area contributed by atoms with Crippen LogP contribution in [0, 0.1) is 10.1 Å². The maximum atomic E-state index is 12.8. The molecular formula is C24H24N2O7S. The molecule has 0 atom stereocenters. The first-order chi connectivity index (χ1) is 15.9. The van der Waals surface area contributed by atoms with E-state index >= 15 is 0 Å². The van der Waals surface area contributed by atoms with Crippen LogP contribution in [-0.4, -0.2) is 26.4 Å². The van der Waals surface area contributed by atoms with Crippen molar-refractivity contribution in [1.82, 2.24) is 0 Å². The number of methoxy groups -OCH3 is 1. The molecule has 10 heteroatoms. The van der Waals surface area contributed by atoms with Crippen LogP contribution in [-0.2, 0) is 15.5 Å². The maximum Gasteiger partial charge on any atom is 0.339 e. The van der Waals surface area contributed by atoms with Crippen LogP contribution in [0.1, 0.15) is 36.7 Å². The minimum Gasteiger partial charge on any atom is -0.495 e. The maximum absolute atomic E-state index is 12.8. The standard InChI is InChI=1S/C24H24N2O7S/c1-24(2,3)17-10-13-22(32-4)21(14-17)25-23(27)16-8-11-19(12-9-16)33-34(30,31)20-7-5-6-18(15-20)26(28)29/h5-15H,1-4H3,(H,25,27). The number of amides is 1. The normalized spacial score (nSPS) is 11.5. The van der Waals surface area contributed by atoms with Gasteiger partial charge in [-0.05, 0) is 53.4 Å². The van der Waals surface area contributed by atoms with E-state index in [1.54, 1.807) is 6.07 Å². The molecule has 1 N–H and O–H groups in total. The van der Waals surface area contributed by atoms with E-state index in [4.69, 9.17) is 8.92 Å². The number of nitro groups is 1. The molecule has 3 aromatic rings. The second-order valence-electron chi connectivity index (χ2n) is 8.44. The molecule has 34 heavy (non-hydrogen) atoms. The van der Waals surface area contributed by atoms with Crippen molar-refractivity contribution in [3.63, 3.8) is 0 Å². The fourth-order valence-corrected chi connectivity index (χ4v) is 4.03. The molecule has 1 amide bonds. The van der Waals surface area contributed by atoms with Crippen LogP contribution < -0.4 is 14.2 Å². The molecule has 178 valence electrons. The van der Waals surface area contributed by atoms with Crippen molar-refractivity contribution < 1.29 is 27.1 Å². The third kappa shape index (κ3) is 5.70. The van der Waals surface area contributed by atoms with E-state index in [0.717, 1.165) is 11.6 Å². The number of anilines is 1. The summed E-state index contributed by atoms with van der Waals surface area (Å²) in [5.74, 6) is 0.0390. The molecule has 0 aliphatic heterocycles. The lowest BCUT2D eigenvalue weighted by Gasteiger charge is -2.21. The topological polar surface area (TPSA) is 125 Å². The molecule has 0 aliphatic rings. The molecule has 0 bridgehead atoms.